The predicted octanol–water partition coefficient (Wildman–Crippen LogP) is 2.35. The second-order valence-electron chi connectivity index (χ2n) is 5.79. The van der Waals surface area contributed by atoms with Crippen LogP contribution in [0.1, 0.15) is 11.1 Å². The Bertz CT molecular complexity index is 873. The molecule has 6 nitrogen and oxygen atoms in total. The molecule has 0 spiro atoms. The lowest BCUT2D eigenvalue weighted by atomic mass is 10.1. The van der Waals surface area contributed by atoms with Crippen LogP contribution in [-0.2, 0) is 24.8 Å². The van der Waals surface area contributed by atoms with Crippen LogP contribution in [-0.4, -0.2) is 27.8 Å². The molecule has 0 fully saturated rings. The van der Waals surface area contributed by atoms with Crippen molar-refractivity contribution in [3.05, 3.63) is 66.2 Å². The third-order valence-corrected chi connectivity index (χ3v) is 3.82. The number of carbonyl (C=O) groups excluding carboxylic acids is 1. The van der Waals surface area contributed by atoms with E-state index in [0.717, 1.165) is 28.0 Å². The van der Waals surface area contributed by atoms with Gasteiger partial charge >= 0.3 is 0 Å². The standard InChI is InChI=1S/C19H20N4O2/c1-23-13-17(12-22-23)16-6-15(9-20-11-16)10-21-19(24)8-14-4-3-5-18(7-14)25-2/h3-7,9,11-13H,8,10H2,1-2H3,(H,21,24). The number of hydrogen-bond acceptors (Lipinski definition) is 4. The lowest BCUT2D eigenvalue weighted by Crippen LogP contribution is -2.24. The minimum absolute atomic E-state index is 0.0416. The SMILES string of the molecule is COc1cccc(CC(=O)NCc2cncc(-c3cnn(C)c3)c2)c1. The number of pyridine rings is 1. The van der Waals surface area contributed by atoms with Gasteiger partial charge in [-0.25, -0.2) is 0 Å². The van der Waals surface area contributed by atoms with Gasteiger partial charge in [-0.3, -0.25) is 14.5 Å². The average Bonchev–Trinajstić information content (AvgIpc) is 3.07. The fourth-order valence-corrected chi connectivity index (χ4v) is 2.54. The van der Waals surface area contributed by atoms with E-state index in [1.54, 1.807) is 30.4 Å². The number of benzene rings is 1. The molecule has 3 aromatic rings. The minimum atomic E-state index is -0.0416. The molecule has 0 unspecified atom stereocenters. The quantitative estimate of drug-likeness (QED) is 0.750. The molecule has 2 aromatic heterocycles. The Morgan fingerprint density at radius 3 is 2.80 bits per heavy atom. The molecule has 128 valence electrons. The number of nitrogens with zero attached hydrogens (tertiary/aromatic N) is 3. The van der Waals surface area contributed by atoms with Crippen molar-refractivity contribution in [2.75, 3.05) is 7.11 Å². The number of hydrogen-bond donors (Lipinski definition) is 1. The molecule has 2 heterocycles. The molecule has 0 atom stereocenters. The first-order valence-corrected chi connectivity index (χ1v) is 7.96. The Hall–Kier alpha value is -3.15. The van der Waals surface area contributed by atoms with Crippen LogP contribution < -0.4 is 10.1 Å². The van der Waals surface area contributed by atoms with Crippen LogP contribution in [0.25, 0.3) is 11.1 Å². The molecule has 0 radical (unpaired) electrons. The van der Waals surface area contributed by atoms with Gasteiger partial charge < -0.3 is 10.1 Å². The number of rotatable bonds is 6. The van der Waals surface area contributed by atoms with Crippen molar-refractivity contribution >= 4 is 5.91 Å². The highest BCUT2D eigenvalue weighted by Gasteiger charge is 2.06. The highest BCUT2D eigenvalue weighted by molar-refractivity contribution is 5.78. The van der Waals surface area contributed by atoms with Gasteiger partial charge in [0.05, 0.1) is 19.7 Å². The van der Waals surface area contributed by atoms with Crippen molar-refractivity contribution in [3.63, 3.8) is 0 Å². The van der Waals surface area contributed by atoms with Crippen LogP contribution in [0.3, 0.4) is 0 Å². The van der Waals surface area contributed by atoms with Gasteiger partial charge in [-0.2, -0.15) is 5.10 Å². The van der Waals surface area contributed by atoms with Gasteiger partial charge in [-0.15, -0.1) is 0 Å². The average molecular weight is 336 g/mol. The number of aryl methyl sites for hydroxylation is 1. The molecule has 0 aliphatic rings. The fourth-order valence-electron chi connectivity index (χ4n) is 2.54. The van der Waals surface area contributed by atoms with E-state index in [4.69, 9.17) is 4.74 Å². The Balaban J connectivity index is 1.60. The van der Waals surface area contributed by atoms with Crippen molar-refractivity contribution in [1.29, 1.82) is 0 Å². The van der Waals surface area contributed by atoms with Gasteiger partial charge in [0.25, 0.3) is 0 Å². The van der Waals surface area contributed by atoms with E-state index in [1.807, 2.05) is 43.6 Å². The lowest BCUT2D eigenvalue weighted by Gasteiger charge is -2.07. The molecule has 1 aromatic carbocycles. The molecule has 0 aliphatic heterocycles. The molecular formula is C19H20N4O2. The summed E-state index contributed by atoms with van der Waals surface area (Å²) in [5.74, 6) is 0.707. The maximum Gasteiger partial charge on any atom is 0.224 e. The van der Waals surface area contributed by atoms with Crippen molar-refractivity contribution in [2.24, 2.45) is 7.05 Å². The molecule has 3 rings (SSSR count). The third kappa shape index (κ3) is 4.44. The van der Waals surface area contributed by atoms with E-state index >= 15 is 0 Å². The van der Waals surface area contributed by atoms with Crippen molar-refractivity contribution in [3.8, 4) is 16.9 Å². The third-order valence-electron chi connectivity index (χ3n) is 3.82. The van der Waals surface area contributed by atoms with Gasteiger partial charge in [0.15, 0.2) is 0 Å². The second kappa shape index (κ2) is 7.61. The molecule has 6 heteroatoms. The van der Waals surface area contributed by atoms with E-state index in [9.17, 15) is 4.79 Å². The van der Waals surface area contributed by atoms with E-state index < -0.39 is 0 Å². The first-order chi connectivity index (χ1) is 12.1. The smallest absolute Gasteiger partial charge is 0.224 e. The van der Waals surface area contributed by atoms with Crippen LogP contribution in [0, 0.1) is 0 Å². The summed E-state index contributed by atoms with van der Waals surface area (Å²) in [5, 5.41) is 7.09. The highest BCUT2D eigenvalue weighted by atomic mass is 16.5. The predicted molar refractivity (Wildman–Crippen MR) is 95.0 cm³/mol. The molecule has 0 bridgehead atoms. The zero-order valence-corrected chi connectivity index (χ0v) is 14.3. The van der Waals surface area contributed by atoms with Crippen LogP contribution in [0.4, 0.5) is 0 Å². The summed E-state index contributed by atoms with van der Waals surface area (Å²) in [6.45, 7) is 0.434. The summed E-state index contributed by atoms with van der Waals surface area (Å²) >= 11 is 0. The zero-order chi connectivity index (χ0) is 17.6. The summed E-state index contributed by atoms with van der Waals surface area (Å²) in [5.41, 5.74) is 3.84. The largest absolute Gasteiger partial charge is 0.497 e. The van der Waals surface area contributed by atoms with E-state index in [-0.39, 0.29) is 5.91 Å². The maximum absolute atomic E-state index is 12.2. The Labute approximate surface area is 146 Å². The van der Waals surface area contributed by atoms with Crippen molar-refractivity contribution < 1.29 is 9.53 Å². The summed E-state index contributed by atoms with van der Waals surface area (Å²) < 4.78 is 6.92. The second-order valence-corrected chi connectivity index (χ2v) is 5.79. The van der Waals surface area contributed by atoms with Crippen LogP contribution >= 0.6 is 0 Å². The number of amides is 1. The van der Waals surface area contributed by atoms with Gasteiger partial charge in [0, 0.05) is 43.3 Å². The summed E-state index contributed by atoms with van der Waals surface area (Å²) in [6, 6.07) is 9.52. The van der Waals surface area contributed by atoms with Crippen molar-refractivity contribution in [2.45, 2.75) is 13.0 Å². The van der Waals surface area contributed by atoms with E-state index in [0.29, 0.717) is 13.0 Å². The Kier molecular flexibility index (Phi) is 5.09. The fraction of sp³-hybridized carbons (Fsp3) is 0.211. The zero-order valence-electron chi connectivity index (χ0n) is 14.3. The topological polar surface area (TPSA) is 69.0 Å². The first kappa shape index (κ1) is 16.7. The molecule has 25 heavy (non-hydrogen) atoms. The molecule has 0 saturated heterocycles. The van der Waals surface area contributed by atoms with Gasteiger partial charge in [0.1, 0.15) is 5.75 Å². The minimum Gasteiger partial charge on any atom is -0.497 e. The lowest BCUT2D eigenvalue weighted by molar-refractivity contribution is -0.120. The van der Waals surface area contributed by atoms with Gasteiger partial charge in [-0.05, 0) is 29.3 Å². The van der Waals surface area contributed by atoms with Gasteiger partial charge in [-0.1, -0.05) is 12.1 Å². The number of carbonyl (C=O) groups is 1. The Morgan fingerprint density at radius 1 is 1.16 bits per heavy atom. The highest BCUT2D eigenvalue weighted by Crippen LogP contribution is 2.18. The summed E-state index contributed by atoms with van der Waals surface area (Å²) in [6.07, 6.45) is 7.58. The number of aromatic nitrogens is 3. The first-order valence-electron chi connectivity index (χ1n) is 7.96. The van der Waals surface area contributed by atoms with Gasteiger partial charge in [0.2, 0.25) is 5.91 Å². The maximum atomic E-state index is 12.2. The molecule has 0 saturated carbocycles. The number of nitrogens with one attached hydrogen (secondary N) is 1. The molecule has 1 amide bonds. The molecule has 0 aliphatic carbocycles. The molecular weight excluding hydrogens is 316 g/mol. The number of ether oxygens (including phenoxy) is 1. The van der Waals surface area contributed by atoms with Crippen LogP contribution in [0.2, 0.25) is 0 Å². The Morgan fingerprint density at radius 2 is 2.04 bits per heavy atom. The van der Waals surface area contributed by atoms with Crippen LogP contribution in [0.5, 0.6) is 5.75 Å². The summed E-state index contributed by atoms with van der Waals surface area (Å²) in [4.78, 5) is 16.4. The van der Waals surface area contributed by atoms with E-state index in [2.05, 4.69) is 15.4 Å². The normalized spacial score (nSPS) is 10.5. The van der Waals surface area contributed by atoms with E-state index in [1.165, 1.54) is 0 Å². The number of methoxy groups -OCH3 is 1. The van der Waals surface area contributed by atoms with Crippen LogP contribution in [0.15, 0.2) is 55.1 Å². The monoisotopic (exact) mass is 336 g/mol. The summed E-state index contributed by atoms with van der Waals surface area (Å²) in [7, 11) is 3.49. The van der Waals surface area contributed by atoms with Crippen molar-refractivity contribution in [1.82, 2.24) is 20.1 Å². The molecule has 1 N–H and O–H groups in total.